The summed E-state index contributed by atoms with van der Waals surface area (Å²) in [6.45, 7) is 2.14. The molecule has 0 radical (unpaired) electrons. The number of likely N-dealkylation sites (N-methyl/N-ethyl adjacent to an activating group) is 1. The van der Waals surface area contributed by atoms with Crippen molar-refractivity contribution in [1.82, 2.24) is 9.88 Å². The van der Waals surface area contributed by atoms with Crippen molar-refractivity contribution in [2.45, 2.75) is 44.7 Å². The first-order chi connectivity index (χ1) is 14.0. The molecule has 2 unspecified atom stereocenters. The van der Waals surface area contributed by atoms with Gasteiger partial charge in [0, 0.05) is 18.3 Å². The van der Waals surface area contributed by atoms with Crippen molar-refractivity contribution in [3.05, 3.63) is 64.3 Å². The molecular weight excluding hydrogens is 368 g/mol. The number of fused-ring (bicyclic) bond motifs is 1. The van der Waals surface area contributed by atoms with Gasteiger partial charge >= 0.3 is 0 Å². The third-order valence-electron chi connectivity index (χ3n) is 5.46. The van der Waals surface area contributed by atoms with E-state index >= 15 is 0 Å². The van der Waals surface area contributed by atoms with Crippen LogP contribution in [-0.4, -0.2) is 47.3 Å². The number of carbonyl (C=O) groups is 2. The van der Waals surface area contributed by atoms with E-state index in [1.807, 2.05) is 12.1 Å². The molecule has 2 atom stereocenters. The van der Waals surface area contributed by atoms with Crippen LogP contribution in [0.2, 0.25) is 0 Å². The van der Waals surface area contributed by atoms with Crippen LogP contribution >= 0.6 is 0 Å². The Morgan fingerprint density at radius 1 is 1.31 bits per heavy atom. The maximum atomic E-state index is 12.1. The lowest BCUT2D eigenvalue weighted by Crippen LogP contribution is -2.38. The summed E-state index contributed by atoms with van der Waals surface area (Å²) in [5, 5.41) is 5.20. The van der Waals surface area contributed by atoms with Crippen molar-refractivity contribution in [3.8, 4) is 0 Å². The Labute approximate surface area is 170 Å². The average molecular weight is 394 g/mol. The number of anilines is 1. The number of carbonyl (C=O) groups excluding carboxylic acids is 2. The van der Waals surface area contributed by atoms with E-state index in [9.17, 15) is 14.5 Å². The van der Waals surface area contributed by atoms with E-state index in [1.54, 1.807) is 6.20 Å². The Kier molecular flexibility index (Phi) is 6.82. The Bertz CT molecular complexity index is 885. The molecule has 0 spiro atoms. The van der Waals surface area contributed by atoms with Gasteiger partial charge in [-0.3, -0.25) is 14.6 Å². The van der Waals surface area contributed by atoms with Crippen LogP contribution in [0.3, 0.4) is 0 Å². The van der Waals surface area contributed by atoms with Gasteiger partial charge in [0.15, 0.2) is 5.78 Å². The molecule has 7 heteroatoms. The third-order valence-corrected chi connectivity index (χ3v) is 5.46. The number of pyridine rings is 1. The number of amides is 1. The number of nitrogens with zero attached hydrogens (tertiary/aromatic N) is 3. The second-order valence-electron chi connectivity index (χ2n) is 7.55. The molecule has 0 aliphatic heterocycles. The summed E-state index contributed by atoms with van der Waals surface area (Å²) in [7, 11) is 2.14. The second kappa shape index (κ2) is 9.52. The molecule has 1 aliphatic carbocycles. The van der Waals surface area contributed by atoms with Crippen molar-refractivity contribution in [2.75, 3.05) is 18.9 Å². The minimum absolute atomic E-state index is 0.403. The molecule has 1 N–H and O–H groups in total. The highest BCUT2D eigenvalue weighted by Gasteiger charge is 2.26. The average Bonchev–Trinajstić information content (AvgIpc) is 2.72. The molecule has 2 aromatic rings. The topological polar surface area (TPSA) is 91.7 Å². The third kappa shape index (κ3) is 5.32. The number of benzene rings is 1. The van der Waals surface area contributed by atoms with E-state index in [1.165, 1.54) is 12.5 Å². The fourth-order valence-electron chi connectivity index (χ4n) is 3.69. The van der Waals surface area contributed by atoms with Gasteiger partial charge in [-0.15, -0.1) is 4.91 Å². The van der Waals surface area contributed by atoms with Gasteiger partial charge in [0.05, 0.1) is 11.9 Å². The van der Waals surface area contributed by atoms with E-state index < -0.39 is 17.7 Å². The number of ketones is 1. The minimum Gasteiger partial charge on any atom is -0.322 e. The van der Waals surface area contributed by atoms with Crippen molar-refractivity contribution >= 4 is 17.4 Å². The zero-order valence-corrected chi connectivity index (χ0v) is 16.8. The first-order valence-electron chi connectivity index (χ1n) is 9.83. The van der Waals surface area contributed by atoms with Gasteiger partial charge in [0.2, 0.25) is 6.04 Å². The number of rotatable bonds is 8. The highest BCUT2D eigenvalue weighted by molar-refractivity contribution is 6.10. The van der Waals surface area contributed by atoms with Gasteiger partial charge < -0.3 is 10.2 Å². The lowest BCUT2D eigenvalue weighted by atomic mass is 9.90. The van der Waals surface area contributed by atoms with Crippen LogP contribution in [0.4, 0.5) is 5.69 Å². The number of Topliss-reactive ketones (excluding diaryl/α,β-unsaturated/α-hetero) is 1. The first kappa shape index (κ1) is 20.8. The highest BCUT2D eigenvalue weighted by Crippen LogP contribution is 2.25. The molecule has 1 amide bonds. The molecular formula is C22H26N4O3. The summed E-state index contributed by atoms with van der Waals surface area (Å²) in [6, 6.07) is 11.2. The Morgan fingerprint density at radius 3 is 2.76 bits per heavy atom. The van der Waals surface area contributed by atoms with Gasteiger partial charge in [0.1, 0.15) is 0 Å². The van der Waals surface area contributed by atoms with Gasteiger partial charge in [0.25, 0.3) is 5.91 Å². The largest absolute Gasteiger partial charge is 0.322 e. The Morgan fingerprint density at radius 2 is 2.07 bits per heavy atom. The van der Waals surface area contributed by atoms with Crippen molar-refractivity contribution in [2.24, 2.45) is 5.18 Å². The second-order valence-corrected chi connectivity index (χ2v) is 7.55. The smallest absolute Gasteiger partial charge is 0.260 e. The fraction of sp³-hybridized carbons (Fsp3) is 0.409. The summed E-state index contributed by atoms with van der Waals surface area (Å²) < 4.78 is 0. The summed E-state index contributed by atoms with van der Waals surface area (Å²) in [4.78, 5) is 41.0. The van der Waals surface area contributed by atoms with Crippen LogP contribution in [0.5, 0.6) is 0 Å². The Balaban J connectivity index is 1.63. The molecule has 0 bridgehead atoms. The number of hydrogen-bond donors (Lipinski definition) is 1. The predicted molar refractivity (Wildman–Crippen MR) is 112 cm³/mol. The molecule has 1 heterocycles. The van der Waals surface area contributed by atoms with E-state index in [0.717, 1.165) is 43.5 Å². The predicted octanol–water partition coefficient (Wildman–Crippen LogP) is 2.78. The van der Waals surface area contributed by atoms with E-state index in [2.05, 4.69) is 51.7 Å². The van der Waals surface area contributed by atoms with Crippen molar-refractivity contribution in [3.63, 3.8) is 0 Å². The first-order valence-corrected chi connectivity index (χ1v) is 9.83. The number of hydrogen-bond acceptors (Lipinski definition) is 6. The molecule has 1 aromatic heterocycles. The standard InChI is InChI=1S/C22H26N4O3/c1-15(27)21(25-29)22(28)24-18-12-17-13-19(8-9-20(17)23-14-18)26(2)11-10-16-6-4-3-5-7-16/h3-7,12,14,19,21H,8-11,13H2,1-2H3,(H,24,28). The summed E-state index contributed by atoms with van der Waals surface area (Å²) in [5.74, 6) is -1.30. The van der Waals surface area contributed by atoms with Gasteiger partial charge in [-0.2, -0.15) is 0 Å². The van der Waals surface area contributed by atoms with Crippen LogP contribution in [0.1, 0.15) is 30.2 Å². The van der Waals surface area contributed by atoms with Crippen LogP contribution in [0.25, 0.3) is 0 Å². The van der Waals surface area contributed by atoms with E-state index in [-0.39, 0.29) is 0 Å². The monoisotopic (exact) mass is 394 g/mol. The van der Waals surface area contributed by atoms with Crippen LogP contribution < -0.4 is 5.32 Å². The lowest BCUT2D eigenvalue weighted by Gasteiger charge is -2.32. The number of nitroso groups, excluding NO2 is 1. The maximum Gasteiger partial charge on any atom is 0.260 e. The molecule has 29 heavy (non-hydrogen) atoms. The lowest BCUT2D eigenvalue weighted by molar-refractivity contribution is -0.126. The highest BCUT2D eigenvalue weighted by atomic mass is 16.3. The van der Waals surface area contributed by atoms with Crippen LogP contribution in [0.15, 0.2) is 47.8 Å². The normalized spacial score (nSPS) is 16.7. The molecule has 0 saturated carbocycles. The maximum absolute atomic E-state index is 12.1. The van der Waals surface area contributed by atoms with Crippen LogP contribution in [-0.2, 0) is 28.9 Å². The minimum atomic E-state index is -1.53. The van der Waals surface area contributed by atoms with Gasteiger partial charge in [-0.05, 0) is 62.0 Å². The number of nitrogens with one attached hydrogen (secondary N) is 1. The molecule has 1 aromatic carbocycles. The van der Waals surface area contributed by atoms with Crippen LogP contribution in [0, 0.1) is 4.91 Å². The molecule has 7 nitrogen and oxygen atoms in total. The summed E-state index contributed by atoms with van der Waals surface area (Å²) >= 11 is 0. The summed E-state index contributed by atoms with van der Waals surface area (Å²) in [5.41, 5.74) is 3.93. The fourth-order valence-corrected chi connectivity index (χ4v) is 3.69. The Hall–Kier alpha value is -2.93. The number of aromatic nitrogens is 1. The van der Waals surface area contributed by atoms with Gasteiger partial charge in [-0.1, -0.05) is 30.3 Å². The van der Waals surface area contributed by atoms with Crippen molar-refractivity contribution < 1.29 is 9.59 Å². The molecule has 1 aliphatic rings. The number of aryl methyl sites for hydroxylation is 1. The van der Waals surface area contributed by atoms with Crippen molar-refractivity contribution in [1.29, 1.82) is 0 Å². The molecule has 152 valence electrons. The summed E-state index contributed by atoms with van der Waals surface area (Å²) in [6.07, 6.45) is 5.34. The zero-order chi connectivity index (χ0) is 20.8. The quantitative estimate of drug-likeness (QED) is 0.549. The van der Waals surface area contributed by atoms with E-state index in [0.29, 0.717) is 11.7 Å². The van der Waals surface area contributed by atoms with E-state index in [4.69, 9.17) is 0 Å². The SMILES string of the molecule is CC(=O)C(N=O)C(=O)Nc1cnc2c(c1)CC(N(C)CCc1ccccc1)CC2. The zero-order valence-electron chi connectivity index (χ0n) is 16.8. The van der Waals surface area contributed by atoms with Gasteiger partial charge in [-0.25, -0.2) is 0 Å². The molecule has 0 fully saturated rings. The molecule has 3 rings (SSSR count). The molecule has 0 saturated heterocycles.